The molecular weight excluding hydrogens is 510 g/mol. The van der Waals surface area contributed by atoms with E-state index in [9.17, 15) is 26.3 Å². The summed E-state index contributed by atoms with van der Waals surface area (Å²) in [6, 6.07) is 7.41. The lowest BCUT2D eigenvalue weighted by Crippen LogP contribution is -2.16. The van der Waals surface area contributed by atoms with Crippen molar-refractivity contribution in [3.8, 4) is 28.4 Å². The predicted molar refractivity (Wildman–Crippen MR) is 131 cm³/mol. The summed E-state index contributed by atoms with van der Waals surface area (Å²) in [5.74, 6) is -8.26. The van der Waals surface area contributed by atoms with Gasteiger partial charge in [-0.1, -0.05) is 6.08 Å². The fourth-order valence-corrected chi connectivity index (χ4v) is 4.40. The van der Waals surface area contributed by atoms with Crippen molar-refractivity contribution >= 4 is 5.57 Å². The van der Waals surface area contributed by atoms with Crippen molar-refractivity contribution in [3.63, 3.8) is 0 Å². The van der Waals surface area contributed by atoms with Gasteiger partial charge in [-0.15, -0.1) is 0 Å². The number of halogens is 6. The molecule has 1 atom stereocenters. The van der Waals surface area contributed by atoms with Crippen LogP contribution in [0.3, 0.4) is 0 Å². The smallest absolute Gasteiger partial charge is 0.201 e. The fraction of sp³-hybridized carbons (Fsp3) is 0.310. The maximum atomic E-state index is 14.8. The minimum Gasteiger partial charge on any atom is -0.491 e. The molecule has 0 heterocycles. The summed E-state index contributed by atoms with van der Waals surface area (Å²) < 4.78 is 103. The number of ether oxygens (including phenoxy) is 3. The lowest BCUT2D eigenvalue weighted by Gasteiger charge is -2.23. The van der Waals surface area contributed by atoms with Crippen LogP contribution < -0.4 is 14.2 Å². The van der Waals surface area contributed by atoms with Gasteiger partial charge in [0.25, 0.3) is 0 Å². The van der Waals surface area contributed by atoms with Crippen LogP contribution in [0.4, 0.5) is 26.3 Å². The highest BCUT2D eigenvalue weighted by atomic mass is 19.2. The van der Waals surface area contributed by atoms with Gasteiger partial charge in [-0.2, -0.15) is 13.2 Å². The second-order valence-corrected chi connectivity index (χ2v) is 8.76. The number of hydrogen-bond donors (Lipinski definition) is 0. The van der Waals surface area contributed by atoms with Crippen LogP contribution in [0.1, 0.15) is 38.7 Å². The van der Waals surface area contributed by atoms with Crippen molar-refractivity contribution in [2.45, 2.75) is 33.1 Å². The van der Waals surface area contributed by atoms with E-state index in [1.807, 2.05) is 0 Å². The molecule has 1 aliphatic carbocycles. The Morgan fingerprint density at radius 1 is 0.605 bits per heavy atom. The summed E-state index contributed by atoms with van der Waals surface area (Å²) in [7, 11) is 0. The van der Waals surface area contributed by atoms with Gasteiger partial charge in [0.15, 0.2) is 34.7 Å². The monoisotopic (exact) mass is 536 g/mol. The highest BCUT2D eigenvalue weighted by molar-refractivity contribution is 5.68. The Kier molecular flexibility index (Phi) is 8.54. The third-order valence-electron chi connectivity index (χ3n) is 6.37. The van der Waals surface area contributed by atoms with Gasteiger partial charge in [-0.25, -0.2) is 13.2 Å². The molecule has 0 radical (unpaired) electrons. The van der Waals surface area contributed by atoms with E-state index < -0.39 is 46.0 Å². The highest BCUT2D eigenvalue weighted by Gasteiger charge is 2.24. The molecule has 0 saturated carbocycles. The van der Waals surface area contributed by atoms with E-state index in [2.05, 4.69) is 0 Å². The van der Waals surface area contributed by atoms with Crippen LogP contribution in [0.2, 0.25) is 0 Å². The molecule has 0 fully saturated rings. The zero-order chi connectivity index (χ0) is 27.4. The zero-order valence-corrected chi connectivity index (χ0v) is 20.9. The van der Waals surface area contributed by atoms with Gasteiger partial charge in [-0.3, -0.25) is 0 Å². The summed E-state index contributed by atoms with van der Waals surface area (Å²) in [6.07, 6.45) is 3.23. The van der Waals surface area contributed by atoms with Gasteiger partial charge in [0, 0.05) is 16.7 Å². The van der Waals surface area contributed by atoms with Crippen molar-refractivity contribution in [3.05, 3.63) is 82.9 Å². The lowest BCUT2D eigenvalue weighted by molar-refractivity contribution is 0.228. The molecule has 0 spiro atoms. The minimum atomic E-state index is -1.37. The first-order valence-electron chi connectivity index (χ1n) is 12.3. The zero-order valence-electron chi connectivity index (χ0n) is 20.9. The highest BCUT2D eigenvalue weighted by Crippen LogP contribution is 2.37. The maximum Gasteiger partial charge on any atom is 0.201 e. The quantitative estimate of drug-likeness (QED) is 0.258. The van der Waals surface area contributed by atoms with Gasteiger partial charge in [0.1, 0.15) is 0 Å². The molecule has 3 aromatic rings. The van der Waals surface area contributed by atoms with Crippen molar-refractivity contribution in [1.29, 1.82) is 0 Å². The molecule has 0 amide bonds. The van der Waals surface area contributed by atoms with Crippen LogP contribution >= 0.6 is 0 Å². The van der Waals surface area contributed by atoms with Crippen LogP contribution in [0, 0.1) is 40.8 Å². The van der Waals surface area contributed by atoms with Gasteiger partial charge in [0.05, 0.1) is 19.8 Å². The van der Waals surface area contributed by atoms with E-state index in [1.165, 1.54) is 12.1 Å². The van der Waals surface area contributed by atoms with Crippen molar-refractivity contribution in [2.75, 3.05) is 19.8 Å². The molecule has 9 heteroatoms. The Bertz CT molecular complexity index is 1350. The molecule has 38 heavy (non-hydrogen) atoms. The van der Waals surface area contributed by atoms with E-state index in [-0.39, 0.29) is 48.6 Å². The Hall–Kier alpha value is -3.62. The number of hydrogen-bond acceptors (Lipinski definition) is 3. The number of rotatable bonds is 9. The molecule has 3 nitrogen and oxygen atoms in total. The Labute approximate surface area is 216 Å². The Morgan fingerprint density at radius 3 is 1.50 bits per heavy atom. The van der Waals surface area contributed by atoms with Gasteiger partial charge in [-0.05, 0) is 81.0 Å². The van der Waals surface area contributed by atoms with Gasteiger partial charge < -0.3 is 14.2 Å². The Balaban J connectivity index is 1.44. The maximum absolute atomic E-state index is 14.8. The normalized spacial score (nSPS) is 15.3. The lowest BCUT2D eigenvalue weighted by atomic mass is 9.87. The van der Waals surface area contributed by atoms with Crippen molar-refractivity contribution < 1.29 is 40.6 Å². The average Bonchev–Trinajstić information content (AvgIpc) is 2.92. The van der Waals surface area contributed by atoms with Crippen LogP contribution in [0.15, 0.2) is 42.5 Å². The standard InChI is InChI=1S/C29H26F6O3/c1-3-36-21-12-9-18(24(30)27(21)33)17-7-5-16(6-8-17)15-38-23-14-11-20(26(32)29(23)35)19-10-13-22(37-4-2)28(34)25(19)31/h7,9-14,16H,3-6,8,15H2,1-2H3. The summed E-state index contributed by atoms with van der Waals surface area (Å²) in [5, 5.41) is 0. The van der Waals surface area contributed by atoms with E-state index in [0.717, 1.165) is 24.3 Å². The largest absolute Gasteiger partial charge is 0.491 e. The van der Waals surface area contributed by atoms with E-state index >= 15 is 0 Å². The molecule has 1 unspecified atom stereocenters. The summed E-state index contributed by atoms with van der Waals surface area (Å²) in [5.41, 5.74) is -0.0974. The molecule has 0 bridgehead atoms. The first kappa shape index (κ1) is 27.4. The molecule has 3 aromatic carbocycles. The van der Waals surface area contributed by atoms with Gasteiger partial charge in [0.2, 0.25) is 17.5 Å². The average molecular weight is 537 g/mol. The first-order chi connectivity index (χ1) is 18.3. The minimum absolute atomic E-state index is 0.0473. The fourth-order valence-electron chi connectivity index (χ4n) is 4.40. The number of allylic oxidation sites excluding steroid dienone is 2. The van der Waals surface area contributed by atoms with Crippen molar-refractivity contribution in [2.24, 2.45) is 5.92 Å². The van der Waals surface area contributed by atoms with Crippen molar-refractivity contribution in [1.82, 2.24) is 0 Å². The summed E-state index contributed by atoms with van der Waals surface area (Å²) in [6.45, 7) is 3.65. The van der Waals surface area contributed by atoms with Crippen LogP contribution in [0.5, 0.6) is 17.2 Å². The molecular formula is C29H26F6O3. The summed E-state index contributed by atoms with van der Waals surface area (Å²) in [4.78, 5) is 0. The second kappa shape index (κ2) is 11.8. The van der Waals surface area contributed by atoms with E-state index in [4.69, 9.17) is 14.2 Å². The van der Waals surface area contributed by atoms with E-state index in [0.29, 0.717) is 24.8 Å². The molecule has 0 aliphatic heterocycles. The molecule has 4 rings (SSSR count). The summed E-state index contributed by atoms with van der Waals surface area (Å²) >= 11 is 0. The van der Waals surface area contributed by atoms with Gasteiger partial charge >= 0.3 is 0 Å². The predicted octanol–water partition coefficient (Wildman–Crippen LogP) is 8.25. The molecule has 0 aromatic heterocycles. The molecule has 202 valence electrons. The Morgan fingerprint density at radius 2 is 1.05 bits per heavy atom. The topological polar surface area (TPSA) is 27.7 Å². The number of benzene rings is 3. The van der Waals surface area contributed by atoms with E-state index in [1.54, 1.807) is 19.9 Å². The third-order valence-corrected chi connectivity index (χ3v) is 6.37. The second-order valence-electron chi connectivity index (χ2n) is 8.76. The molecule has 1 aliphatic rings. The molecule has 0 saturated heterocycles. The molecule has 0 N–H and O–H groups in total. The first-order valence-corrected chi connectivity index (χ1v) is 12.3. The van der Waals surface area contributed by atoms with Crippen LogP contribution in [-0.2, 0) is 0 Å². The third kappa shape index (κ3) is 5.47. The van der Waals surface area contributed by atoms with Crippen LogP contribution in [0.25, 0.3) is 16.7 Å². The SMILES string of the molecule is CCOc1ccc(C2=CCC(COc3ccc(-c4ccc(OCC)c(F)c4F)c(F)c3F)CC2)c(F)c1F. The van der Waals surface area contributed by atoms with Crippen LogP contribution in [-0.4, -0.2) is 19.8 Å².